The maximum absolute atomic E-state index is 10.5. The molecule has 49 heavy (non-hydrogen) atoms. The number of fused-ring (bicyclic) bond motifs is 5. The lowest BCUT2D eigenvalue weighted by molar-refractivity contribution is 1.18. The van der Waals surface area contributed by atoms with Crippen LogP contribution in [-0.2, 0) is 0 Å². The highest BCUT2D eigenvalue weighted by Gasteiger charge is 2.21. The SMILES string of the molecule is N#Cc1cc(C#N)c(-c2c3ccccc3c(-c3ccccc3)c3ccccc23)cc1-c1ccc(-n2c3ccccc3c3ccccc32)cc1. The fraction of sp³-hybridized carbons (Fsp3) is 0. The van der Waals surface area contributed by atoms with Crippen LogP contribution >= 0.6 is 0 Å². The first-order valence-electron chi connectivity index (χ1n) is 16.3. The second-order valence-electron chi connectivity index (χ2n) is 12.3. The Balaban J connectivity index is 1.27. The maximum Gasteiger partial charge on any atom is 0.0998 e. The molecule has 0 aliphatic rings. The number of hydrogen-bond donors (Lipinski definition) is 0. The third-order valence-corrected chi connectivity index (χ3v) is 9.68. The van der Waals surface area contributed by atoms with Gasteiger partial charge in [-0.25, -0.2) is 0 Å². The van der Waals surface area contributed by atoms with Gasteiger partial charge in [0.2, 0.25) is 0 Å². The van der Waals surface area contributed by atoms with Gasteiger partial charge in [0.15, 0.2) is 0 Å². The lowest BCUT2D eigenvalue weighted by Gasteiger charge is -2.19. The summed E-state index contributed by atoms with van der Waals surface area (Å²) in [4.78, 5) is 0. The molecule has 9 rings (SSSR count). The van der Waals surface area contributed by atoms with Gasteiger partial charge >= 0.3 is 0 Å². The summed E-state index contributed by atoms with van der Waals surface area (Å²) in [6.07, 6.45) is 0. The maximum atomic E-state index is 10.5. The van der Waals surface area contributed by atoms with E-state index >= 15 is 0 Å². The second kappa shape index (κ2) is 11.4. The van der Waals surface area contributed by atoms with Crippen LogP contribution in [0.2, 0.25) is 0 Å². The quantitative estimate of drug-likeness (QED) is 0.184. The molecule has 1 heterocycles. The van der Waals surface area contributed by atoms with Crippen LogP contribution in [0.25, 0.3) is 82.4 Å². The molecule has 0 unspecified atom stereocenters. The Kier molecular flexibility index (Phi) is 6.58. The average molecular weight is 622 g/mol. The van der Waals surface area contributed by atoms with E-state index in [0.29, 0.717) is 11.1 Å². The predicted molar refractivity (Wildman–Crippen MR) is 202 cm³/mol. The van der Waals surface area contributed by atoms with E-state index in [1.807, 2.05) is 12.1 Å². The molecule has 0 spiro atoms. The molecule has 0 saturated heterocycles. The minimum absolute atomic E-state index is 0.472. The lowest BCUT2D eigenvalue weighted by Crippen LogP contribution is -1.96. The predicted octanol–water partition coefficient (Wildman–Crippen LogP) is 11.8. The fourth-order valence-corrected chi connectivity index (χ4v) is 7.56. The van der Waals surface area contributed by atoms with Crippen molar-refractivity contribution < 1.29 is 0 Å². The van der Waals surface area contributed by atoms with Crippen molar-refractivity contribution >= 4 is 43.4 Å². The van der Waals surface area contributed by atoms with E-state index in [9.17, 15) is 10.5 Å². The lowest BCUT2D eigenvalue weighted by atomic mass is 9.83. The van der Waals surface area contributed by atoms with Crippen molar-refractivity contribution in [3.8, 4) is 51.2 Å². The molecule has 226 valence electrons. The molecule has 9 aromatic rings. The highest BCUT2D eigenvalue weighted by molar-refractivity contribution is 6.22. The molecule has 3 nitrogen and oxygen atoms in total. The van der Waals surface area contributed by atoms with Crippen LogP contribution in [0.1, 0.15) is 11.1 Å². The summed E-state index contributed by atoms with van der Waals surface area (Å²) < 4.78 is 2.29. The highest BCUT2D eigenvalue weighted by Crippen LogP contribution is 2.45. The minimum atomic E-state index is 0.472. The zero-order chi connectivity index (χ0) is 32.9. The van der Waals surface area contributed by atoms with Crippen LogP contribution in [0, 0.1) is 22.7 Å². The third kappa shape index (κ3) is 4.42. The van der Waals surface area contributed by atoms with E-state index in [1.54, 1.807) is 6.07 Å². The molecule has 0 fully saturated rings. The van der Waals surface area contributed by atoms with Crippen LogP contribution in [0.4, 0.5) is 0 Å². The first-order chi connectivity index (χ1) is 24.2. The summed E-state index contributed by atoms with van der Waals surface area (Å²) in [5, 5.41) is 27.6. The first kappa shape index (κ1) is 28.3. The molecular formula is C46H27N3. The van der Waals surface area contributed by atoms with Crippen molar-refractivity contribution in [1.82, 2.24) is 4.57 Å². The van der Waals surface area contributed by atoms with Crippen molar-refractivity contribution in [2.75, 3.05) is 0 Å². The van der Waals surface area contributed by atoms with Crippen LogP contribution in [0.3, 0.4) is 0 Å². The molecule has 0 aliphatic carbocycles. The summed E-state index contributed by atoms with van der Waals surface area (Å²) in [7, 11) is 0. The van der Waals surface area contributed by atoms with Gasteiger partial charge in [-0.1, -0.05) is 127 Å². The van der Waals surface area contributed by atoms with E-state index < -0.39 is 0 Å². The van der Waals surface area contributed by atoms with Crippen molar-refractivity contribution in [2.24, 2.45) is 0 Å². The Morgan fingerprint density at radius 2 is 0.816 bits per heavy atom. The van der Waals surface area contributed by atoms with Gasteiger partial charge in [-0.3, -0.25) is 0 Å². The van der Waals surface area contributed by atoms with Crippen molar-refractivity contribution in [1.29, 1.82) is 10.5 Å². The van der Waals surface area contributed by atoms with Gasteiger partial charge in [-0.2, -0.15) is 10.5 Å². The second-order valence-corrected chi connectivity index (χ2v) is 12.3. The van der Waals surface area contributed by atoms with Crippen molar-refractivity contribution in [2.45, 2.75) is 0 Å². The van der Waals surface area contributed by atoms with E-state index in [1.165, 1.54) is 16.3 Å². The van der Waals surface area contributed by atoms with Gasteiger partial charge in [0, 0.05) is 27.6 Å². The molecule has 8 aromatic carbocycles. The summed E-state index contributed by atoms with van der Waals surface area (Å²) in [6, 6.07) is 61.3. The monoisotopic (exact) mass is 621 g/mol. The third-order valence-electron chi connectivity index (χ3n) is 9.68. The van der Waals surface area contributed by atoms with E-state index in [0.717, 1.165) is 66.1 Å². The molecule has 1 aromatic heterocycles. The Morgan fingerprint density at radius 3 is 1.35 bits per heavy atom. The fourth-order valence-electron chi connectivity index (χ4n) is 7.56. The number of nitriles is 2. The van der Waals surface area contributed by atoms with Gasteiger partial charge in [0.05, 0.1) is 34.3 Å². The number of nitrogens with zero attached hydrogens (tertiary/aromatic N) is 3. The topological polar surface area (TPSA) is 52.5 Å². The Morgan fingerprint density at radius 1 is 0.367 bits per heavy atom. The number of para-hydroxylation sites is 2. The molecule has 0 atom stereocenters. The van der Waals surface area contributed by atoms with Gasteiger partial charge in [0.1, 0.15) is 0 Å². The van der Waals surface area contributed by atoms with Gasteiger partial charge in [-0.15, -0.1) is 0 Å². The highest BCUT2D eigenvalue weighted by atomic mass is 15.0. The summed E-state index contributed by atoms with van der Waals surface area (Å²) in [5.41, 5.74) is 10.1. The van der Waals surface area contributed by atoms with Gasteiger partial charge < -0.3 is 4.57 Å². The molecule has 0 bridgehead atoms. The van der Waals surface area contributed by atoms with Gasteiger partial charge in [-0.05, 0) is 80.2 Å². The molecule has 0 N–H and O–H groups in total. The minimum Gasteiger partial charge on any atom is -0.309 e. The molecule has 0 saturated carbocycles. The van der Waals surface area contributed by atoms with Crippen LogP contribution in [0.15, 0.2) is 164 Å². The molecule has 3 heteroatoms. The van der Waals surface area contributed by atoms with Crippen LogP contribution < -0.4 is 0 Å². The van der Waals surface area contributed by atoms with Crippen LogP contribution in [0.5, 0.6) is 0 Å². The number of hydrogen-bond acceptors (Lipinski definition) is 2. The van der Waals surface area contributed by atoms with E-state index in [-0.39, 0.29) is 0 Å². The summed E-state index contributed by atoms with van der Waals surface area (Å²) in [5.74, 6) is 0. The molecular weight excluding hydrogens is 595 g/mol. The first-order valence-corrected chi connectivity index (χ1v) is 16.3. The van der Waals surface area contributed by atoms with Gasteiger partial charge in [0.25, 0.3) is 0 Å². The zero-order valence-corrected chi connectivity index (χ0v) is 26.4. The number of rotatable bonds is 4. The largest absolute Gasteiger partial charge is 0.309 e. The molecule has 0 aliphatic heterocycles. The zero-order valence-electron chi connectivity index (χ0n) is 26.4. The Bertz CT molecular complexity index is 2720. The van der Waals surface area contributed by atoms with E-state index in [4.69, 9.17) is 0 Å². The number of benzene rings is 8. The van der Waals surface area contributed by atoms with Crippen molar-refractivity contribution in [3.63, 3.8) is 0 Å². The molecule has 0 radical (unpaired) electrons. The number of aromatic nitrogens is 1. The van der Waals surface area contributed by atoms with Crippen LogP contribution in [-0.4, -0.2) is 4.57 Å². The smallest absolute Gasteiger partial charge is 0.0998 e. The summed E-state index contributed by atoms with van der Waals surface area (Å²) in [6.45, 7) is 0. The molecule has 0 amide bonds. The standard InChI is InChI=1S/C46H27N3/c47-28-32-26-33(29-48)42(46-39-18-6-4-16-37(39)45(31-12-2-1-3-13-31)38-17-5-7-19-40(38)46)27-41(32)30-22-24-34(25-23-30)49-43-20-10-8-14-35(43)36-15-9-11-21-44(36)49/h1-27H. The average Bonchev–Trinajstić information content (AvgIpc) is 3.51. The Hall–Kier alpha value is -6.94. The summed E-state index contributed by atoms with van der Waals surface area (Å²) >= 11 is 0. The normalized spacial score (nSPS) is 11.2. The van der Waals surface area contributed by atoms with E-state index in [2.05, 4.69) is 162 Å². The van der Waals surface area contributed by atoms with Crippen molar-refractivity contribution in [3.05, 3.63) is 175 Å². The Labute approximate surface area is 283 Å².